The minimum Gasteiger partial charge on any atom is -0.494 e. The van der Waals surface area contributed by atoms with Crippen LogP contribution in [0.3, 0.4) is 0 Å². The van der Waals surface area contributed by atoms with Crippen molar-refractivity contribution in [2.45, 2.75) is 13.0 Å². The van der Waals surface area contributed by atoms with Crippen LogP contribution in [0.5, 0.6) is 5.75 Å². The standard InChI is InChI=1S/C19H15ClN2O2/c20-15-7-8-18-17(11-15)19(23)14(12-21)13-22(18)9-4-10-24-16-5-2-1-3-6-16/h1-3,5-8,11,13H,4,9-10H2. The van der Waals surface area contributed by atoms with Crippen LogP contribution >= 0.6 is 11.6 Å². The maximum Gasteiger partial charge on any atom is 0.207 e. The summed E-state index contributed by atoms with van der Waals surface area (Å²) in [5.74, 6) is 0.826. The molecule has 0 aliphatic carbocycles. The summed E-state index contributed by atoms with van der Waals surface area (Å²) in [6.45, 7) is 1.19. The fourth-order valence-electron chi connectivity index (χ4n) is 2.58. The van der Waals surface area contributed by atoms with Crippen molar-refractivity contribution in [3.05, 3.63) is 75.5 Å². The predicted octanol–water partition coefficient (Wildman–Crippen LogP) is 4.00. The van der Waals surface area contributed by atoms with Crippen LogP contribution in [0, 0.1) is 11.3 Å². The number of para-hydroxylation sites is 1. The molecule has 0 N–H and O–H groups in total. The Kier molecular flexibility index (Phi) is 4.83. The first-order chi connectivity index (χ1) is 11.7. The van der Waals surface area contributed by atoms with Crippen molar-refractivity contribution in [3.8, 4) is 11.8 Å². The third-order valence-corrected chi connectivity index (χ3v) is 3.95. The average molecular weight is 339 g/mol. The quantitative estimate of drug-likeness (QED) is 0.661. The number of benzene rings is 2. The van der Waals surface area contributed by atoms with Crippen LogP contribution < -0.4 is 10.2 Å². The summed E-state index contributed by atoms with van der Waals surface area (Å²) < 4.78 is 7.58. The molecule has 0 atom stereocenters. The topological polar surface area (TPSA) is 55.0 Å². The van der Waals surface area contributed by atoms with Gasteiger partial charge in [0.2, 0.25) is 5.43 Å². The molecule has 0 aliphatic heterocycles. The minimum absolute atomic E-state index is 0.119. The molecule has 3 aromatic rings. The van der Waals surface area contributed by atoms with Crippen molar-refractivity contribution >= 4 is 22.5 Å². The molecule has 5 heteroatoms. The monoisotopic (exact) mass is 338 g/mol. The Morgan fingerprint density at radius 1 is 1.17 bits per heavy atom. The zero-order valence-corrected chi connectivity index (χ0v) is 13.7. The summed E-state index contributed by atoms with van der Waals surface area (Å²) in [5, 5.41) is 10.1. The minimum atomic E-state index is -0.285. The van der Waals surface area contributed by atoms with E-state index in [1.54, 1.807) is 24.4 Å². The van der Waals surface area contributed by atoms with Gasteiger partial charge in [0, 0.05) is 23.2 Å². The van der Waals surface area contributed by atoms with E-state index in [2.05, 4.69) is 0 Å². The number of aryl methyl sites for hydroxylation is 1. The van der Waals surface area contributed by atoms with Crippen molar-refractivity contribution in [2.24, 2.45) is 0 Å². The molecule has 0 radical (unpaired) electrons. The first-order valence-electron chi connectivity index (χ1n) is 7.59. The van der Waals surface area contributed by atoms with E-state index in [0.717, 1.165) is 17.7 Å². The zero-order valence-electron chi connectivity index (χ0n) is 12.9. The SMILES string of the molecule is N#Cc1cn(CCCOc2ccccc2)c2ccc(Cl)cc2c1=O. The highest BCUT2D eigenvalue weighted by Crippen LogP contribution is 2.18. The van der Waals surface area contributed by atoms with Gasteiger partial charge in [0.25, 0.3) is 0 Å². The molecule has 2 aromatic carbocycles. The molecule has 1 heterocycles. The van der Waals surface area contributed by atoms with Gasteiger partial charge in [-0.1, -0.05) is 29.8 Å². The lowest BCUT2D eigenvalue weighted by Crippen LogP contribution is -2.14. The Balaban J connectivity index is 1.80. The van der Waals surface area contributed by atoms with E-state index in [4.69, 9.17) is 16.3 Å². The highest BCUT2D eigenvalue weighted by molar-refractivity contribution is 6.31. The molecular formula is C19H15ClN2O2. The molecule has 24 heavy (non-hydrogen) atoms. The molecule has 0 saturated carbocycles. The van der Waals surface area contributed by atoms with Gasteiger partial charge in [-0.25, -0.2) is 0 Å². The van der Waals surface area contributed by atoms with Gasteiger partial charge in [0.1, 0.15) is 17.4 Å². The van der Waals surface area contributed by atoms with Crippen LogP contribution in [0.25, 0.3) is 10.9 Å². The van der Waals surface area contributed by atoms with Gasteiger partial charge >= 0.3 is 0 Å². The Labute approximate surface area is 144 Å². The summed E-state index contributed by atoms with van der Waals surface area (Å²) in [7, 11) is 0. The largest absolute Gasteiger partial charge is 0.494 e. The number of rotatable bonds is 5. The van der Waals surface area contributed by atoms with Gasteiger partial charge in [-0.3, -0.25) is 4.79 Å². The third kappa shape index (κ3) is 3.42. The number of fused-ring (bicyclic) bond motifs is 1. The molecule has 0 aliphatic rings. The lowest BCUT2D eigenvalue weighted by atomic mass is 10.1. The molecule has 0 saturated heterocycles. The number of nitrogens with zero attached hydrogens (tertiary/aromatic N) is 2. The van der Waals surface area contributed by atoms with Gasteiger partial charge in [-0.2, -0.15) is 5.26 Å². The van der Waals surface area contributed by atoms with E-state index in [0.29, 0.717) is 23.6 Å². The first kappa shape index (κ1) is 16.1. The van der Waals surface area contributed by atoms with Crippen LogP contribution in [0.15, 0.2) is 59.5 Å². The van der Waals surface area contributed by atoms with E-state index < -0.39 is 0 Å². The summed E-state index contributed by atoms with van der Waals surface area (Å²) in [4.78, 5) is 12.3. The van der Waals surface area contributed by atoms with Crippen LogP contribution in [-0.2, 0) is 6.54 Å². The van der Waals surface area contributed by atoms with Gasteiger partial charge in [-0.15, -0.1) is 0 Å². The number of halogens is 1. The maximum absolute atomic E-state index is 12.3. The fourth-order valence-corrected chi connectivity index (χ4v) is 2.75. The molecule has 120 valence electrons. The fraction of sp³-hybridized carbons (Fsp3) is 0.158. The molecule has 3 rings (SSSR count). The van der Waals surface area contributed by atoms with Crippen LogP contribution in [0.4, 0.5) is 0 Å². The lowest BCUT2D eigenvalue weighted by Gasteiger charge is -2.12. The molecule has 4 nitrogen and oxygen atoms in total. The van der Waals surface area contributed by atoms with Crippen LogP contribution in [0.1, 0.15) is 12.0 Å². The van der Waals surface area contributed by atoms with Crippen molar-refractivity contribution in [3.63, 3.8) is 0 Å². The van der Waals surface area contributed by atoms with E-state index in [1.807, 2.05) is 41.0 Å². The summed E-state index contributed by atoms with van der Waals surface area (Å²) in [5.41, 5.74) is 0.601. The molecule has 0 spiro atoms. The molecule has 1 aromatic heterocycles. The van der Waals surface area contributed by atoms with Gasteiger partial charge < -0.3 is 9.30 Å². The van der Waals surface area contributed by atoms with E-state index >= 15 is 0 Å². The molecule has 0 bridgehead atoms. The summed E-state index contributed by atoms with van der Waals surface area (Å²) in [6.07, 6.45) is 2.35. The highest BCUT2D eigenvalue weighted by atomic mass is 35.5. The smallest absolute Gasteiger partial charge is 0.207 e. The number of ether oxygens (including phenoxy) is 1. The second-order valence-electron chi connectivity index (χ2n) is 5.35. The van der Waals surface area contributed by atoms with Gasteiger partial charge in [-0.05, 0) is 36.8 Å². The lowest BCUT2D eigenvalue weighted by molar-refractivity contribution is 0.302. The van der Waals surface area contributed by atoms with Gasteiger partial charge in [0.15, 0.2) is 0 Å². The number of pyridine rings is 1. The number of aromatic nitrogens is 1. The molecule has 0 amide bonds. The van der Waals surface area contributed by atoms with Crippen molar-refractivity contribution < 1.29 is 4.74 Å². The second kappa shape index (κ2) is 7.20. The number of hydrogen-bond donors (Lipinski definition) is 0. The Hall–Kier alpha value is -2.77. The molecular weight excluding hydrogens is 324 g/mol. The number of hydrogen-bond acceptors (Lipinski definition) is 3. The normalized spacial score (nSPS) is 10.5. The zero-order chi connectivity index (χ0) is 16.9. The number of nitriles is 1. The summed E-state index contributed by atoms with van der Waals surface area (Å²) >= 11 is 5.98. The van der Waals surface area contributed by atoms with E-state index in [-0.39, 0.29) is 11.0 Å². The third-order valence-electron chi connectivity index (χ3n) is 3.72. The van der Waals surface area contributed by atoms with Crippen molar-refractivity contribution in [1.82, 2.24) is 4.57 Å². The maximum atomic E-state index is 12.3. The Morgan fingerprint density at radius 2 is 1.96 bits per heavy atom. The van der Waals surface area contributed by atoms with E-state index in [1.165, 1.54) is 0 Å². The van der Waals surface area contributed by atoms with Gasteiger partial charge in [0.05, 0.1) is 12.1 Å². The molecule has 0 fully saturated rings. The van der Waals surface area contributed by atoms with E-state index in [9.17, 15) is 10.1 Å². The second-order valence-corrected chi connectivity index (χ2v) is 5.79. The van der Waals surface area contributed by atoms with Crippen LogP contribution in [-0.4, -0.2) is 11.2 Å². The Morgan fingerprint density at radius 3 is 2.71 bits per heavy atom. The Bertz CT molecular complexity index is 959. The molecule has 0 unspecified atom stereocenters. The first-order valence-corrected chi connectivity index (χ1v) is 7.97. The average Bonchev–Trinajstić information content (AvgIpc) is 2.61. The highest BCUT2D eigenvalue weighted by Gasteiger charge is 2.09. The summed E-state index contributed by atoms with van der Waals surface area (Å²) in [6, 6.07) is 16.7. The predicted molar refractivity (Wildman–Crippen MR) is 94.5 cm³/mol. The van der Waals surface area contributed by atoms with Crippen molar-refractivity contribution in [2.75, 3.05) is 6.61 Å². The van der Waals surface area contributed by atoms with Crippen LogP contribution in [0.2, 0.25) is 5.02 Å². The van der Waals surface area contributed by atoms with Crippen molar-refractivity contribution in [1.29, 1.82) is 5.26 Å².